The molecule has 0 aliphatic heterocycles. The van der Waals surface area contributed by atoms with E-state index in [0.29, 0.717) is 15.7 Å². The maximum Gasteiger partial charge on any atom is 0.330 e. The van der Waals surface area contributed by atoms with Crippen LogP contribution in [-0.2, 0) is 4.79 Å². The minimum absolute atomic E-state index is 0.317. The summed E-state index contributed by atoms with van der Waals surface area (Å²) in [4.78, 5) is 23.0. The van der Waals surface area contributed by atoms with Crippen molar-refractivity contribution in [1.29, 1.82) is 0 Å². The van der Waals surface area contributed by atoms with Crippen molar-refractivity contribution in [1.82, 2.24) is 15.5 Å². The first-order chi connectivity index (χ1) is 9.56. The standard InChI is InChI=1S/C12H12N4O3S/c1-7-15-16-12(20-7)14-11(19)13-9(10(17)18)8-5-3-2-4-6-8/h2-6,9H,1H3,(H,17,18)(H2,13,14,16,19). The number of hydrogen-bond acceptors (Lipinski definition) is 5. The molecular formula is C12H12N4O3S. The summed E-state index contributed by atoms with van der Waals surface area (Å²) in [5.41, 5.74) is 0.489. The normalized spacial score (nSPS) is 11.7. The average Bonchev–Trinajstić information content (AvgIpc) is 2.82. The van der Waals surface area contributed by atoms with E-state index >= 15 is 0 Å². The molecule has 0 spiro atoms. The predicted molar refractivity (Wildman–Crippen MR) is 73.6 cm³/mol. The Morgan fingerprint density at radius 3 is 2.50 bits per heavy atom. The molecule has 1 aromatic heterocycles. The molecular weight excluding hydrogens is 280 g/mol. The summed E-state index contributed by atoms with van der Waals surface area (Å²) in [6.45, 7) is 1.75. The van der Waals surface area contributed by atoms with Crippen molar-refractivity contribution >= 4 is 28.5 Å². The second-order valence-electron chi connectivity index (χ2n) is 3.91. The van der Waals surface area contributed by atoms with Crippen molar-refractivity contribution < 1.29 is 14.7 Å². The Kier molecular flexibility index (Phi) is 4.26. The SMILES string of the molecule is Cc1nnc(NC(=O)NC(C(=O)O)c2ccccc2)s1. The third-order valence-corrected chi connectivity index (χ3v) is 3.16. The minimum atomic E-state index is -1.14. The van der Waals surface area contributed by atoms with E-state index in [1.54, 1.807) is 37.3 Å². The van der Waals surface area contributed by atoms with Gasteiger partial charge in [-0.2, -0.15) is 0 Å². The van der Waals surface area contributed by atoms with E-state index in [0.717, 1.165) is 0 Å². The second-order valence-corrected chi connectivity index (χ2v) is 5.09. The maximum absolute atomic E-state index is 11.8. The van der Waals surface area contributed by atoms with Gasteiger partial charge in [-0.15, -0.1) is 10.2 Å². The lowest BCUT2D eigenvalue weighted by Gasteiger charge is -2.14. The van der Waals surface area contributed by atoms with Gasteiger partial charge in [-0.3, -0.25) is 5.32 Å². The van der Waals surface area contributed by atoms with Crippen LogP contribution in [0.5, 0.6) is 0 Å². The second kappa shape index (κ2) is 6.11. The predicted octanol–water partition coefficient (Wildman–Crippen LogP) is 1.79. The number of aliphatic carboxylic acids is 1. The summed E-state index contributed by atoms with van der Waals surface area (Å²) in [6.07, 6.45) is 0. The van der Waals surface area contributed by atoms with Gasteiger partial charge in [0.05, 0.1) is 0 Å². The van der Waals surface area contributed by atoms with Crippen LogP contribution in [0, 0.1) is 6.92 Å². The highest BCUT2D eigenvalue weighted by Crippen LogP contribution is 2.15. The Bertz CT molecular complexity index is 614. The Morgan fingerprint density at radius 2 is 1.95 bits per heavy atom. The molecule has 0 aliphatic rings. The van der Waals surface area contributed by atoms with Crippen LogP contribution in [-0.4, -0.2) is 27.3 Å². The fourth-order valence-corrected chi connectivity index (χ4v) is 2.13. The quantitative estimate of drug-likeness (QED) is 0.797. The van der Waals surface area contributed by atoms with Gasteiger partial charge < -0.3 is 10.4 Å². The van der Waals surface area contributed by atoms with Gasteiger partial charge >= 0.3 is 12.0 Å². The van der Waals surface area contributed by atoms with Crippen LogP contribution in [0.25, 0.3) is 0 Å². The topological polar surface area (TPSA) is 104 Å². The van der Waals surface area contributed by atoms with Crippen molar-refractivity contribution in [3.8, 4) is 0 Å². The zero-order valence-corrected chi connectivity index (χ0v) is 11.3. The van der Waals surface area contributed by atoms with E-state index in [9.17, 15) is 14.7 Å². The Balaban J connectivity index is 2.05. The van der Waals surface area contributed by atoms with Gasteiger partial charge in [0.15, 0.2) is 6.04 Å². The van der Waals surface area contributed by atoms with Gasteiger partial charge in [0.25, 0.3) is 0 Å². The summed E-state index contributed by atoms with van der Waals surface area (Å²) in [5, 5.41) is 22.5. The molecule has 1 aromatic carbocycles. The number of anilines is 1. The molecule has 1 unspecified atom stereocenters. The first kappa shape index (κ1) is 13.9. The average molecular weight is 292 g/mol. The van der Waals surface area contributed by atoms with Crippen LogP contribution in [0.4, 0.5) is 9.93 Å². The van der Waals surface area contributed by atoms with Crippen LogP contribution < -0.4 is 10.6 Å². The van der Waals surface area contributed by atoms with Crippen molar-refractivity contribution in [3.63, 3.8) is 0 Å². The smallest absolute Gasteiger partial charge is 0.330 e. The highest BCUT2D eigenvalue weighted by molar-refractivity contribution is 7.15. The van der Waals surface area contributed by atoms with E-state index < -0.39 is 18.0 Å². The Morgan fingerprint density at radius 1 is 1.25 bits per heavy atom. The number of carbonyl (C=O) groups excluding carboxylic acids is 1. The largest absolute Gasteiger partial charge is 0.479 e. The lowest BCUT2D eigenvalue weighted by Crippen LogP contribution is -2.36. The number of carboxylic acids is 1. The van der Waals surface area contributed by atoms with Gasteiger partial charge in [0.2, 0.25) is 5.13 Å². The van der Waals surface area contributed by atoms with Gasteiger partial charge in [0, 0.05) is 0 Å². The number of urea groups is 1. The number of hydrogen-bond donors (Lipinski definition) is 3. The van der Waals surface area contributed by atoms with Crippen molar-refractivity contribution in [2.75, 3.05) is 5.32 Å². The monoisotopic (exact) mass is 292 g/mol. The highest BCUT2D eigenvalue weighted by atomic mass is 32.1. The molecule has 20 heavy (non-hydrogen) atoms. The molecule has 2 rings (SSSR count). The lowest BCUT2D eigenvalue weighted by atomic mass is 10.1. The third-order valence-electron chi connectivity index (χ3n) is 2.40. The Labute approximate surface area is 118 Å². The molecule has 7 nitrogen and oxygen atoms in total. The minimum Gasteiger partial charge on any atom is -0.479 e. The fourth-order valence-electron chi connectivity index (χ4n) is 1.54. The van der Waals surface area contributed by atoms with Gasteiger partial charge in [-0.25, -0.2) is 9.59 Å². The molecule has 104 valence electrons. The molecule has 0 fully saturated rings. The van der Waals surface area contributed by atoms with Crippen LogP contribution in [0.3, 0.4) is 0 Å². The molecule has 3 N–H and O–H groups in total. The van der Waals surface area contributed by atoms with E-state index in [1.165, 1.54) is 11.3 Å². The molecule has 0 saturated heterocycles. The number of nitrogens with zero attached hydrogens (tertiary/aromatic N) is 2. The number of nitrogens with one attached hydrogen (secondary N) is 2. The lowest BCUT2D eigenvalue weighted by molar-refractivity contribution is -0.139. The zero-order chi connectivity index (χ0) is 14.5. The van der Waals surface area contributed by atoms with Gasteiger partial charge in [0.1, 0.15) is 5.01 Å². The number of aromatic nitrogens is 2. The molecule has 0 saturated carbocycles. The molecule has 0 bridgehead atoms. The molecule has 0 aliphatic carbocycles. The number of benzene rings is 1. The van der Waals surface area contributed by atoms with E-state index in [-0.39, 0.29) is 0 Å². The van der Waals surface area contributed by atoms with Gasteiger partial charge in [-0.05, 0) is 12.5 Å². The van der Waals surface area contributed by atoms with Crippen molar-refractivity contribution in [2.45, 2.75) is 13.0 Å². The molecule has 1 atom stereocenters. The zero-order valence-electron chi connectivity index (χ0n) is 10.5. The molecule has 2 amide bonds. The first-order valence-corrected chi connectivity index (χ1v) is 6.53. The maximum atomic E-state index is 11.8. The number of rotatable bonds is 4. The molecule has 0 radical (unpaired) electrons. The van der Waals surface area contributed by atoms with E-state index in [2.05, 4.69) is 20.8 Å². The van der Waals surface area contributed by atoms with E-state index in [4.69, 9.17) is 0 Å². The van der Waals surface area contributed by atoms with Crippen molar-refractivity contribution in [2.24, 2.45) is 0 Å². The first-order valence-electron chi connectivity index (χ1n) is 5.71. The molecule has 2 aromatic rings. The summed E-state index contributed by atoms with van der Waals surface area (Å²) in [5.74, 6) is -1.14. The van der Waals surface area contributed by atoms with Crippen LogP contribution in [0.1, 0.15) is 16.6 Å². The van der Waals surface area contributed by atoms with Crippen molar-refractivity contribution in [3.05, 3.63) is 40.9 Å². The Hall–Kier alpha value is -2.48. The van der Waals surface area contributed by atoms with Gasteiger partial charge in [-0.1, -0.05) is 41.7 Å². The number of amides is 2. The van der Waals surface area contributed by atoms with Crippen LogP contribution in [0.2, 0.25) is 0 Å². The number of aryl methyl sites for hydroxylation is 1. The number of carboxylic acid groups (broad SMARTS) is 1. The summed E-state index contributed by atoms with van der Waals surface area (Å²) in [6, 6.07) is 6.69. The highest BCUT2D eigenvalue weighted by Gasteiger charge is 2.22. The molecule has 1 heterocycles. The summed E-state index contributed by atoms with van der Waals surface area (Å²) >= 11 is 1.21. The summed E-state index contributed by atoms with van der Waals surface area (Å²) < 4.78 is 0. The number of carbonyl (C=O) groups is 2. The summed E-state index contributed by atoms with van der Waals surface area (Å²) in [7, 11) is 0. The third kappa shape index (κ3) is 3.51. The van der Waals surface area contributed by atoms with Crippen LogP contribution >= 0.6 is 11.3 Å². The fraction of sp³-hybridized carbons (Fsp3) is 0.167. The van der Waals surface area contributed by atoms with E-state index in [1.807, 2.05) is 0 Å². The van der Waals surface area contributed by atoms with Crippen LogP contribution in [0.15, 0.2) is 30.3 Å². The molecule has 8 heteroatoms.